The molecular weight excluding hydrogens is 1340 g/mol. The third-order valence-electron chi connectivity index (χ3n) is 15.6. The number of rotatable bonds is 46. The zero-order chi connectivity index (χ0) is 74.0. The molecule has 0 radical (unpaired) electrons. The summed E-state index contributed by atoms with van der Waals surface area (Å²) in [5.74, 6) is -5.44. The van der Waals surface area contributed by atoms with E-state index >= 15 is 0 Å². The monoisotopic (exact) mass is 1450 g/mol. The fourth-order valence-corrected chi connectivity index (χ4v) is 12.0. The van der Waals surface area contributed by atoms with Gasteiger partial charge >= 0.3 is 23.9 Å². The minimum Gasteiger partial charge on any atom is -0.494 e. The number of imidazole rings is 1. The molecule has 5 rings (SSSR count). The number of aromatic nitrogens is 4. The molecule has 36 heteroatoms. The number of amides is 5. The van der Waals surface area contributed by atoms with Crippen molar-refractivity contribution in [1.82, 2.24) is 70.7 Å². The summed E-state index contributed by atoms with van der Waals surface area (Å²) in [6.45, 7) is 11.9. The molecule has 2 aromatic heterocycles. The number of benzene rings is 2. The Kier molecular flexibility index (Phi) is 40.0. The Bertz CT molecular complexity index is 3270. The van der Waals surface area contributed by atoms with Gasteiger partial charge in [-0.2, -0.15) is 9.82 Å². The Balaban J connectivity index is 0.000000455. The maximum atomic E-state index is 13.5. The third-order valence-corrected chi connectivity index (χ3v) is 17.3. The van der Waals surface area contributed by atoms with Gasteiger partial charge in [0.05, 0.1) is 82.4 Å². The first-order chi connectivity index (χ1) is 48.4. The largest absolute Gasteiger partial charge is 0.494 e. The van der Waals surface area contributed by atoms with E-state index in [9.17, 15) is 72.0 Å². The smallest absolute Gasteiger partial charge is 0.323 e. The number of H-pyrrole nitrogens is 1. The van der Waals surface area contributed by atoms with Gasteiger partial charge in [-0.25, -0.2) is 13.4 Å². The molecule has 0 bridgehead atoms. The summed E-state index contributed by atoms with van der Waals surface area (Å²) >= 11 is 0. The minimum absolute atomic E-state index is 0.00100. The Morgan fingerprint density at radius 1 is 0.634 bits per heavy atom. The second-order valence-electron chi connectivity index (χ2n) is 23.7. The number of ether oxygens (including phenoxy) is 5. The number of fused-ring (bicyclic) bond motifs is 1. The minimum atomic E-state index is -4.34. The number of hydrogen-bond donors (Lipinski definition) is 12. The highest BCUT2D eigenvalue weighted by Gasteiger charge is 2.30. The molecule has 12 N–H and O–H groups in total. The molecular formula is C65H103N15O20S. The number of methoxy groups -OCH3 is 1. The highest BCUT2D eigenvalue weighted by atomic mass is 32.2. The van der Waals surface area contributed by atoms with Gasteiger partial charge in [-0.05, 0) is 87.4 Å². The average Bonchev–Trinajstić information content (AvgIpc) is 1.45. The summed E-state index contributed by atoms with van der Waals surface area (Å²) in [5, 5.41) is 59.4. The van der Waals surface area contributed by atoms with Crippen LogP contribution in [0, 0.1) is 13.8 Å². The lowest BCUT2D eigenvalue weighted by Gasteiger charge is -2.33. The van der Waals surface area contributed by atoms with Crippen LogP contribution in [-0.4, -0.2) is 305 Å². The molecule has 2 atom stereocenters. The van der Waals surface area contributed by atoms with E-state index in [1.807, 2.05) is 4.68 Å². The molecule has 1 aliphatic heterocycles. The van der Waals surface area contributed by atoms with Gasteiger partial charge in [-0.1, -0.05) is 13.3 Å². The number of aryl methyl sites for hydroxylation is 3. The van der Waals surface area contributed by atoms with Gasteiger partial charge in [-0.3, -0.25) is 67.4 Å². The van der Waals surface area contributed by atoms with Gasteiger partial charge in [0.25, 0.3) is 5.91 Å². The Morgan fingerprint density at radius 3 is 1.74 bits per heavy atom. The molecule has 4 aromatic rings. The van der Waals surface area contributed by atoms with Crippen LogP contribution >= 0.6 is 0 Å². The number of nitrogens with zero attached hydrogens (tertiary/aromatic N) is 7. The lowest BCUT2D eigenvalue weighted by atomic mass is 10.1. The SMILES string of the molecule is CCCCOCCOCCOCCCNC(=O)CCCOc1cc(C)c(S(=O)(=O)NC(CNC(=O)c2ccc3c(cnn3CCCNc3ncc[nH]3)c2)C(=O)O)c(C)c1.CNC(=O)[C@@H](CCC(=O)NCCOC)NC(=O)CN1CCN(CC(=O)O)CCN(CC(=O)O)CCN(CC(=O)O)CC1. The molecule has 564 valence electrons. The summed E-state index contributed by atoms with van der Waals surface area (Å²) in [6, 6.07) is 5.48. The number of carboxylic acids is 4. The Morgan fingerprint density at radius 2 is 1.20 bits per heavy atom. The van der Waals surface area contributed by atoms with Gasteiger partial charge in [-0.15, -0.1) is 0 Å². The predicted octanol–water partition coefficient (Wildman–Crippen LogP) is -0.209. The van der Waals surface area contributed by atoms with Crippen molar-refractivity contribution in [2.24, 2.45) is 0 Å². The van der Waals surface area contributed by atoms with Crippen LogP contribution in [0.4, 0.5) is 5.95 Å². The lowest BCUT2D eigenvalue weighted by molar-refractivity contribution is -0.140. The van der Waals surface area contributed by atoms with Crippen LogP contribution in [0.15, 0.2) is 53.8 Å². The molecule has 1 fully saturated rings. The molecule has 0 saturated carbocycles. The molecule has 3 heterocycles. The maximum absolute atomic E-state index is 13.5. The summed E-state index contributed by atoms with van der Waals surface area (Å²) in [4.78, 5) is 123. The van der Waals surface area contributed by atoms with E-state index in [1.54, 1.807) is 82.4 Å². The number of carbonyl (C=O) groups is 9. The highest BCUT2D eigenvalue weighted by molar-refractivity contribution is 7.89. The van der Waals surface area contributed by atoms with Crippen molar-refractivity contribution in [2.45, 2.75) is 95.7 Å². The van der Waals surface area contributed by atoms with Crippen molar-refractivity contribution in [3.05, 3.63) is 65.6 Å². The summed E-state index contributed by atoms with van der Waals surface area (Å²) in [7, 11) is -1.41. The highest BCUT2D eigenvalue weighted by Crippen LogP contribution is 2.27. The van der Waals surface area contributed by atoms with E-state index in [2.05, 4.69) is 58.6 Å². The summed E-state index contributed by atoms with van der Waals surface area (Å²) < 4.78 is 58.1. The van der Waals surface area contributed by atoms with Crippen LogP contribution < -0.4 is 41.4 Å². The van der Waals surface area contributed by atoms with E-state index in [1.165, 1.54) is 14.2 Å². The van der Waals surface area contributed by atoms with Crippen molar-refractivity contribution < 1.29 is 95.7 Å². The second kappa shape index (κ2) is 47.6. The zero-order valence-corrected chi connectivity index (χ0v) is 59.3. The summed E-state index contributed by atoms with van der Waals surface area (Å²) in [5.41, 5.74) is 1.77. The molecule has 35 nitrogen and oxygen atoms in total. The first-order valence-corrected chi connectivity index (χ1v) is 35.2. The molecule has 1 saturated heterocycles. The maximum Gasteiger partial charge on any atom is 0.323 e. The van der Waals surface area contributed by atoms with Crippen LogP contribution in [0.5, 0.6) is 5.75 Å². The molecule has 0 spiro atoms. The lowest BCUT2D eigenvalue weighted by Crippen LogP contribution is -2.52. The fourth-order valence-electron chi connectivity index (χ4n) is 10.4. The number of nitrogens with one attached hydrogen (secondary N) is 8. The van der Waals surface area contributed by atoms with Crippen molar-refractivity contribution >= 4 is 80.3 Å². The number of carbonyl (C=O) groups excluding carboxylic acids is 5. The third kappa shape index (κ3) is 34.6. The van der Waals surface area contributed by atoms with Crippen LogP contribution in [-0.2, 0) is 73.9 Å². The van der Waals surface area contributed by atoms with Crippen LogP contribution in [0.3, 0.4) is 0 Å². The van der Waals surface area contributed by atoms with Crippen LogP contribution in [0.1, 0.15) is 79.8 Å². The summed E-state index contributed by atoms with van der Waals surface area (Å²) in [6.07, 6.45) is 9.40. The fraction of sp³-hybridized carbons (Fsp3) is 0.615. The number of carboxylic acid groups (broad SMARTS) is 4. The topological polar surface area (TPSA) is 459 Å². The first-order valence-electron chi connectivity index (χ1n) is 33.7. The zero-order valence-electron chi connectivity index (χ0n) is 58.5. The molecule has 2 aromatic carbocycles. The van der Waals surface area contributed by atoms with E-state index in [4.69, 9.17) is 23.7 Å². The van der Waals surface area contributed by atoms with E-state index in [0.717, 1.165) is 36.8 Å². The molecule has 0 aliphatic carbocycles. The van der Waals surface area contributed by atoms with Gasteiger partial charge in [0.15, 0.2) is 5.95 Å². The number of aromatic amines is 1. The second-order valence-corrected chi connectivity index (χ2v) is 25.4. The Hall–Kier alpha value is -8.46. The average molecular weight is 1450 g/mol. The molecule has 1 unspecified atom stereocenters. The molecule has 5 amide bonds. The van der Waals surface area contributed by atoms with Crippen LogP contribution in [0.2, 0.25) is 0 Å². The molecule has 1 aliphatic rings. The number of sulfonamides is 1. The van der Waals surface area contributed by atoms with Crippen molar-refractivity contribution in [3.8, 4) is 5.75 Å². The van der Waals surface area contributed by atoms with Gasteiger partial charge in [0.1, 0.15) is 17.8 Å². The quantitative estimate of drug-likeness (QED) is 0.0255. The van der Waals surface area contributed by atoms with Crippen molar-refractivity contribution in [1.29, 1.82) is 0 Å². The number of unbranched alkanes of at least 4 members (excludes halogenated alkanes) is 1. The van der Waals surface area contributed by atoms with Crippen molar-refractivity contribution in [3.63, 3.8) is 0 Å². The Labute approximate surface area is 588 Å². The number of anilines is 1. The van der Waals surface area contributed by atoms with Gasteiger partial charge in [0.2, 0.25) is 33.7 Å². The normalized spacial score (nSPS) is 14.2. The van der Waals surface area contributed by atoms with Gasteiger partial charge in [0, 0.05) is 149 Å². The first kappa shape index (κ1) is 85.0. The van der Waals surface area contributed by atoms with Gasteiger partial charge < -0.3 is 81.0 Å². The van der Waals surface area contributed by atoms with E-state index in [0.29, 0.717) is 101 Å². The van der Waals surface area contributed by atoms with E-state index in [-0.39, 0.29) is 127 Å². The van der Waals surface area contributed by atoms with E-state index < -0.39 is 70.3 Å². The number of likely N-dealkylation sites (N-methyl/N-ethyl adjacent to an activating group) is 1. The number of aliphatic carboxylic acids is 4. The van der Waals surface area contributed by atoms with Crippen LogP contribution in [0.25, 0.3) is 10.9 Å². The standard InChI is InChI=1S/C40H58N8O10S.C25H45N7O10/c1-4-5-17-55-20-22-57-23-21-56-18-8-13-41-36(49)9-6-19-58-33-24-29(2)37(30(3)25-33)59(53,54)47-34(39(51)52)28-45-38(50)31-10-11-35-32(26-31)27-46-48(35)16-7-12-42-40-43-14-15-44-40;1-26-25(41)19(3-4-20(33)27-5-14-42-2)28-21(34)15-29-6-8-30(16-22(35)36)10-12-32(18-24(39)40)13-11-31(9-7-29)17-23(37)38/h10-11,14-15,24-27,34,47H,4-9,12-13,16-23,28H2,1-3H3,(H,41,49)(H,45,50)(H,51,52)(H2,42,43,44);19H,3-18H2,1-2H3,(H,26,41)(H,27,33)(H,28,34)(H,35,36)(H,37,38)(H,39,40)/t;19-/m.1/s1. The molecule has 101 heavy (non-hydrogen) atoms. The number of hydrogen-bond acceptors (Lipinski definition) is 23. The predicted molar refractivity (Wildman–Crippen MR) is 370 cm³/mol. The van der Waals surface area contributed by atoms with Crippen molar-refractivity contribution in [2.75, 3.05) is 177 Å².